The molecule has 3 aromatic heterocycles. The highest BCUT2D eigenvalue weighted by atomic mass is 19.4. The number of likely N-dealkylation sites (N-methyl/N-ethyl adjacent to an activating group) is 1. The van der Waals surface area contributed by atoms with Crippen molar-refractivity contribution in [1.29, 1.82) is 0 Å². The number of amides is 1. The van der Waals surface area contributed by atoms with Crippen LogP contribution in [0.25, 0.3) is 28.2 Å². The summed E-state index contributed by atoms with van der Waals surface area (Å²) < 4.78 is 58.7. The first kappa shape index (κ1) is 28.9. The summed E-state index contributed by atoms with van der Waals surface area (Å²) in [5, 5.41) is 4.61. The van der Waals surface area contributed by atoms with Gasteiger partial charge in [-0.05, 0) is 48.0 Å². The third-order valence-electron chi connectivity index (χ3n) is 7.47. The molecule has 5 aromatic rings. The Bertz CT molecular complexity index is 1790. The zero-order valence-electron chi connectivity index (χ0n) is 23.5. The van der Waals surface area contributed by atoms with E-state index < -0.39 is 29.2 Å². The minimum atomic E-state index is -4.65. The molecule has 1 aliphatic heterocycles. The van der Waals surface area contributed by atoms with Gasteiger partial charge in [-0.2, -0.15) is 18.3 Å². The van der Waals surface area contributed by atoms with Crippen LogP contribution in [0.2, 0.25) is 0 Å². The zero-order chi connectivity index (χ0) is 30.9. The molecule has 4 heterocycles. The van der Waals surface area contributed by atoms with Crippen molar-refractivity contribution in [2.45, 2.75) is 18.3 Å². The molecule has 1 aliphatic rings. The fourth-order valence-electron chi connectivity index (χ4n) is 4.73. The number of hydrogen-bond acceptors (Lipinski definition) is 8. The quantitative estimate of drug-likeness (QED) is 0.248. The summed E-state index contributed by atoms with van der Waals surface area (Å²) in [5.74, 6) is -0.0282. The van der Waals surface area contributed by atoms with E-state index in [9.17, 15) is 18.0 Å². The summed E-state index contributed by atoms with van der Waals surface area (Å²) in [6.45, 7) is 0.983. The number of carbonyl (C=O) groups is 1. The molecular weight excluding hydrogens is 577 g/mol. The van der Waals surface area contributed by atoms with Crippen molar-refractivity contribution in [3.63, 3.8) is 0 Å². The van der Waals surface area contributed by atoms with Crippen LogP contribution in [0.3, 0.4) is 0 Å². The predicted molar refractivity (Wildman–Crippen MR) is 155 cm³/mol. The smallest absolute Gasteiger partial charge is 0.419 e. The number of carbonyl (C=O) groups excluding carboxylic acids is 1. The van der Waals surface area contributed by atoms with Gasteiger partial charge in [0, 0.05) is 24.4 Å². The van der Waals surface area contributed by atoms with Crippen molar-refractivity contribution in [1.82, 2.24) is 24.5 Å². The number of hydrogen-bond donors (Lipinski definition) is 1. The summed E-state index contributed by atoms with van der Waals surface area (Å²) in [6, 6.07) is 21.0. The maximum atomic E-state index is 13.4. The van der Waals surface area contributed by atoms with E-state index in [4.69, 9.17) is 19.9 Å². The number of nitrogens with zero attached hydrogens (tertiary/aromatic N) is 5. The number of rotatable bonds is 8. The summed E-state index contributed by atoms with van der Waals surface area (Å²) in [4.78, 5) is 22.3. The summed E-state index contributed by atoms with van der Waals surface area (Å²) in [6.07, 6.45) is -2.43. The largest absolute Gasteiger partial charge is 0.491 e. The first-order valence-corrected chi connectivity index (χ1v) is 13.6. The monoisotopic (exact) mass is 604 g/mol. The molecule has 44 heavy (non-hydrogen) atoms. The SMILES string of the molecule is CN(C(=O)OCc1ccccc1)C1(COc2ccc(-c3ccc4ncc(-c5cnc(N)c(C(F)(F)F)c5)n4n3)cc2)COC1. The van der Waals surface area contributed by atoms with Gasteiger partial charge in [0.25, 0.3) is 0 Å². The van der Waals surface area contributed by atoms with Crippen molar-refractivity contribution in [3.8, 4) is 28.3 Å². The second-order valence-electron chi connectivity index (χ2n) is 10.4. The number of aromatic nitrogens is 4. The molecule has 0 radical (unpaired) electrons. The molecule has 0 unspecified atom stereocenters. The summed E-state index contributed by atoms with van der Waals surface area (Å²) in [7, 11) is 1.67. The van der Waals surface area contributed by atoms with Gasteiger partial charge >= 0.3 is 12.3 Å². The van der Waals surface area contributed by atoms with Crippen molar-refractivity contribution < 1.29 is 32.2 Å². The maximum Gasteiger partial charge on any atom is 0.419 e. The molecule has 2 aromatic carbocycles. The first-order chi connectivity index (χ1) is 21.1. The van der Waals surface area contributed by atoms with E-state index in [1.54, 1.807) is 31.3 Å². The fraction of sp³-hybridized carbons (Fsp3) is 0.226. The fourth-order valence-corrected chi connectivity index (χ4v) is 4.73. The lowest BCUT2D eigenvalue weighted by Crippen LogP contribution is -2.65. The van der Waals surface area contributed by atoms with Crippen LogP contribution in [-0.2, 0) is 22.3 Å². The van der Waals surface area contributed by atoms with Gasteiger partial charge in [-0.15, -0.1) is 0 Å². The van der Waals surface area contributed by atoms with Crippen LogP contribution in [0.15, 0.2) is 85.2 Å². The van der Waals surface area contributed by atoms with Crippen LogP contribution in [-0.4, -0.2) is 63.0 Å². The van der Waals surface area contributed by atoms with Gasteiger partial charge in [-0.1, -0.05) is 30.3 Å². The number of fused-ring (bicyclic) bond motifs is 1. The molecule has 1 saturated heterocycles. The predicted octanol–water partition coefficient (Wildman–Crippen LogP) is 5.48. The normalized spacial score (nSPS) is 14.2. The van der Waals surface area contributed by atoms with E-state index in [-0.39, 0.29) is 18.8 Å². The molecule has 2 N–H and O–H groups in total. The van der Waals surface area contributed by atoms with Crippen LogP contribution in [0.1, 0.15) is 11.1 Å². The number of halogens is 3. The molecule has 6 rings (SSSR count). The molecule has 226 valence electrons. The second kappa shape index (κ2) is 11.5. The number of nitrogen functional groups attached to an aromatic ring is 1. The number of benzene rings is 2. The second-order valence-corrected chi connectivity index (χ2v) is 10.4. The van der Waals surface area contributed by atoms with Crippen molar-refractivity contribution in [3.05, 3.63) is 96.3 Å². The molecule has 1 fully saturated rings. The Kier molecular flexibility index (Phi) is 7.55. The average molecular weight is 605 g/mol. The van der Waals surface area contributed by atoms with Crippen molar-refractivity contribution in [2.24, 2.45) is 0 Å². The third-order valence-corrected chi connectivity index (χ3v) is 7.47. The van der Waals surface area contributed by atoms with Gasteiger partial charge in [0.2, 0.25) is 0 Å². The van der Waals surface area contributed by atoms with E-state index in [1.807, 2.05) is 42.5 Å². The van der Waals surface area contributed by atoms with Crippen LogP contribution in [0.5, 0.6) is 5.75 Å². The number of nitrogens with two attached hydrogens (primary N) is 1. The third kappa shape index (κ3) is 5.73. The van der Waals surface area contributed by atoms with E-state index >= 15 is 0 Å². The molecule has 0 atom stereocenters. The highest BCUT2D eigenvalue weighted by Crippen LogP contribution is 2.35. The molecule has 0 aliphatic carbocycles. The Hall–Kier alpha value is -5.17. The van der Waals surface area contributed by atoms with Crippen LogP contribution in [0.4, 0.5) is 23.8 Å². The Labute approximate surface area is 249 Å². The highest BCUT2D eigenvalue weighted by Gasteiger charge is 2.46. The molecule has 0 bridgehead atoms. The number of ether oxygens (including phenoxy) is 3. The Morgan fingerprint density at radius 2 is 1.77 bits per heavy atom. The van der Waals surface area contributed by atoms with Gasteiger partial charge in [-0.3, -0.25) is 4.90 Å². The summed E-state index contributed by atoms with van der Waals surface area (Å²) in [5.41, 5.74) is 6.93. The van der Waals surface area contributed by atoms with Crippen LogP contribution >= 0.6 is 0 Å². The molecule has 0 spiro atoms. The van der Waals surface area contributed by atoms with E-state index in [0.717, 1.165) is 17.2 Å². The number of alkyl halides is 3. The van der Waals surface area contributed by atoms with E-state index in [1.165, 1.54) is 21.8 Å². The summed E-state index contributed by atoms with van der Waals surface area (Å²) >= 11 is 0. The number of pyridine rings is 1. The topological polar surface area (TPSA) is 117 Å². The Morgan fingerprint density at radius 1 is 1.02 bits per heavy atom. The van der Waals surface area contributed by atoms with Crippen LogP contribution in [0, 0.1) is 0 Å². The minimum absolute atomic E-state index is 0.162. The van der Waals surface area contributed by atoms with Crippen LogP contribution < -0.4 is 10.5 Å². The van der Waals surface area contributed by atoms with Gasteiger partial charge in [-0.25, -0.2) is 19.3 Å². The number of imidazole rings is 1. The Morgan fingerprint density at radius 3 is 2.45 bits per heavy atom. The van der Waals surface area contributed by atoms with Gasteiger partial charge < -0.3 is 19.9 Å². The number of anilines is 1. The molecule has 0 saturated carbocycles. The molecule has 1 amide bonds. The maximum absolute atomic E-state index is 13.4. The first-order valence-electron chi connectivity index (χ1n) is 13.6. The van der Waals surface area contributed by atoms with E-state index in [2.05, 4.69) is 15.1 Å². The minimum Gasteiger partial charge on any atom is -0.491 e. The molecule has 10 nitrogen and oxygen atoms in total. The highest BCUT2D eigenvalue weighted by molar-refractivity contribution is 5.69. The zero-order valence-corrected chi connectivity index (χ0v) is 23.5. The average Bonchev–Trinajstić information content (AvgIpc) is 3.43. The van der Waals surface area contributed by atoms with Crippen molar-refractivity contribution >= 4 is 17.6 Å². The van der Waals surface area contributed by atoms with Gasteiger partial charge in [0.05, 0.1) is 36.4 Å². The molecule has 13 heteroatoms. The lowest BCUT2D eigenvalue weighted by atomic mass is 9.97. The lowest BCUT2D eigenvalue weighted by molar-refractivity contribution is -0.140. The van der Waals surface area contributed by atoms with Gasteiger partial charge in [0.1, 0.15) is 30.3 Å². The van der Waals surface area contributed by atoms with E-state index in [0.29, 0.717) is 36.0 Å². The Balaban J connectivity index is 1.15. The van der Waals surface area contributed by atoms with Gasteiger partial charge in [0.15, 0.2) is 5.65 Å². The lowest BCUT2D eigenvalue weighted by Gasteiger charge is -2.46. The standard InChI is InChI=1S/C31H27F3N6O4/c1-39(29(41)43-16-20-5-3-2-4-6-20)30(17-42-18-30)19-44-23-9-7-21(8-10-23)25-11-12-27-36-15-26(40(27)38-25)22-13-24(31(32,33)34)28(35)37-14-22/h2-15H,16-19H2,1H3,(H2,35,37). The van der Waals surface area contributed by atoms with Crippen molar-refractivity contribution in [2.75, 3.05) is 32.6 Å². The molecular formula is C31H27F3N6O4.